The quantitative estimate of drug-likeness (QED) is 0.624. The highest BCUT2D eigenvalue weighted by atomic mass is 35.5. The highest BCUT2D eigenvalue weighted by Crippen LogP contribution is 2.38. The van der Waals surface area contributed by atoms with Crippen LogP contribution in [-0.4, -0.2) is 23.5 Å². The SMILES string of the molecule is Cc1c(Cl)ccc2c1C(=Cc1[nH]cc3c1CCOC3=O)C(=O)N2. The Morgan fingerprint density at radius 3 is 2.96 bits per heavy atom. The number of fused-ring (bicyclic) bond motifs is 2. The van der Waals surface area contributed by atoms with Crippen molar-refractivity contribution in [1.29, 1.82) is 0 Å². The van der Waals surface area contributed by atoms with E-state index in [9.17, 15) is 9.59 Å². The molecule has 0 unspecified atom stereocenters. The normalized spacial score (nSPS) is 17.7. The molecule has 0 aliphatic carbocycles. The molecule has 0 saturated heterocycles. The molecule has 0 atom stereocenters. The van der Waals surface area contributed by atoms with E-state index in [1.807, 2.05) is 6.92 Å². The molecule has 0 fully saturated rings. The van der Waals surface area contributed by atoms with Gasteiger partial charge in [-0.15, -0.1) is 0 Å². The van der Waals surface area contributed by atoms with Gasteiger partial charge in [0.1, 0.15) is 0 Å². The summed E-state index contributed by atoms with van der Waals surface area (Å²) in [5.41, 5.74) is 5.14. The Morgan fingerprint density at radius 2 is 2.13 bits per heavy atom. The summed E-state index contributed by atoms with van der Waals surface area (Å²) in [4.78, 5) is 27.1. The smallest absolute Gasteiger partial charge is 0.339 e. The number of H-pyrrole nitrogens is 1. The molecule has 0 saturated carbocycles. The lowest BCUT2D eigenvalue weighted by Crippen LogP contribution is -2.16. The van der Waals surface area contributed by atoms with Crippen LogP contribution in [0.3, 0.4) is 0 Å². The molecular weight excluding hydrogens is 316 g/mol. The van der Waals surface area contributed by atoms with E-state index in [-0.39, 0.29) is 11.9 Å². The van der Waals surface area contributed by atoms with E-state index in [4.69, 9.17) is 16.3 Å². The molecule has 2 aromatic rings. The third-order valence-electron chi connectivity index (χ3n) is 4.28. The fraction of sp³-hybridized carbons (Fsp3) is 0.176. The summed E-state index contributed by atoms with van der Waals surface area (Å²) in [7, 11) is 0. The van der Waals surface area contributed by atoms with Crippen molar-refractivity contribution in [3.8, 4) is 0 Å². The number of cyclic esters (lactones) is 1. The Kier molecular flexibility index (Phi) is 3.06. The molecule has 0 bridgehead atoms. The number of esters is 1. The zero-order valence-electron chi connectivity index (χ0n) is 12.3. The first kappa shape index (κ1) is 14.1. The number of aromatic amines is 1. The van der Waals surface area contributed by atoms with Crippen LogP contribution in [0.1, 0.15) is 32.7 Å². The van der Waals surface area contributed by atoms with Crippen molar-refractivity contribution in [2.75, 3.05) is 11.9 Å². The van der Waals surface area contributed by atoms with Crippen LogP contribution in [0, 0.1) is 6.92 Å². The maximum absolute atomic E-state index is 12.3. The molecule has 1 aromatic carbocycles. The Morgan fingerprint density at radius 1 is 1.30 bits per heavy atom. The van der Waals surface area contributed by atoms with Crippen LogP contribution in [0.2, 0.25) is 5.02 Å². The summed E-state index contributed by atoms with van der Waals surface area (Å²) < 4.78 is 5.02. The zero-order chi connectivity index (χ0) is 16.1. The first-order valence-corrected chi connectivity index (χ1v) is 7.64. The number of halogens is 1. The number of carbonyl (C=O) groups excluding carboxylic acids is 2. The number of nitrogens with one attached hydrogen (secondary N) is 2. The molecule has 23 heavy (non-hydrogen) atoms. The number of carbonyl (C=O) groups is 2. The van der Waals surface area contributed by atoms with E-state index in [2.05, 4.69) is 10.3 Å². The van der Waals surface area contributed by atoms with Crippen molar-refractivity contribution in [3.05, 3.63) is 51.3 Å². The average molecular weight is 329 g/mol. The first-order valence-electron chi connectivity index (χ1n) is 7.26. The number of rotatable bonds is 1. The van der Waals surface area contributed by atoms with Crippen LogP contribution >= 0.6 is 11.6 Å². The molecule has 3 heterocycles. The van der Waals surface area contributed by atoms with Crippen molar-refractivity contribution in [3.63, 3.8) is 0 Å². The molecule has 0 spiro atoms. The Balaban J connectivity index is 1.87. The van der Waals surface area contributed by atoms with Crippen molar-refractivity contribution in [2.24, 2.45) is 0 Å². The minimum absolute atomic E-state index is 0.174. The second-order valence-corrected chi connectivity index (χ2v) is 5.99. The highest BCUT2D eigenvalue weighted by molar-refractivity contribution is 6.37. The third kappa shape index (κ3) is 2.08. The van der Waals surface area contributed by atoms with Gasteiger partial charge >= 0.3 is 5.97 Å². The predicted molar refractivity (Wildman–Crippen MR) is 87.5 cm³/mol. The predicted octanol–water partition coefficient (Wildman–Crippen LogP) is 3.18. The average Bonchev–Trinajstić information content (AvgIpc) is 3.07. The molecule has 4 rings (SSSR count). The number of amides is 1. The largest absolute Gasteiger partial charge is 0.462 e. The Hall–Kier alpha value is -2.53. The summed E-state index contributed by atoms with van der Waals surface area (Å²) in [6.07, 6.45) is 4.04. The molecule has 2 aliphatic heterocycles. The summed E-state index contributed by atoms with van der Waals surface area (Å²) in [5, 5.41) is 3.46. The van der Waals surface area contributed by atoms with Gasteiger partial charge < -0.3 is 15.0 Å². The van der Waals surface area contributed by atoms with Gasteiger partial charge in [-0.2, -0.15) is 0 Å². The molecule has 1 amide bonds. The number of anilines is 1. The molecule has 2 aliphatic rings. The molecule has 0 radical (unpaired) electrons. The minimum Gasteiger partial charge on any atom is -0.462 e. The summed E-state index contributed by atoms with van der Waals surface area (Å²) in [6, 6.07) is 3.57. The maximum atomic E-state index is 12.3. The second-order valence-electron chi connectivity index (χ2n) is 5.59. The topological polar surface area (TPSA) is 71.2 Å². The lowest BCUT2D eigenvalue weighted by molar-refractivity contribution is -0.110. The Bertz CT molecular complexity index is 895. The summed E-state index contributed by atoms with van der Waals surface area (Å²) in [5.74, 6) is -0.505. The lowest BCUT2D eigenvalue weighted by Gasteiger charge is -2.12. The van der Waals surface area contributed by atoms with Crippen molar-refractivity contribution in [1.82, 2.24) is 4.98 Å². The van der Waals surface area contributed by atoms with Crippen LogP contribution in [0.5, 0.6) is 0 Å². The van der Waals surface area contributed by atoms with Crippen LogP contribution < -0.4 is 5.32 Å². The molecule has 2 N–H and O–H groups in total. The molecular formula is C17H13ClN2O3. The standard InChI is InChI=1S/C17H13ClN2O3/c1-8-12(18)2-3-13-15(8)10(16(21)20-13)6-14-9-4-5-23-17(22)11(9)7-19-14/h2-3,6-7,19H,4-5H2,1H3,(H,20,21). The van der Waals surface area contributed by atoms with E-state index in [1.165, 1.54) is 0 Å². The molecule has 116 valence electrons. The van der Waals surface area contributed by atoms with Gasteiger partial charge in [0.25, 0.3) is 5.91 Å². The van der Waals surface area contributed by atoms with Crippen LogP contribution in [0.4, 0.5) is 5.69 Å². The van der Waals surface area contributed by atoms with Crippen molar-refractivity contribution < 1.29 is 14.3 Å². The van der Waals surface area contributed by atoms with Crippen molar-refractivity contribution in [2.45, 2.75) is 13.3 Å². The minimum atomic E-state index is -0.331. The summed E-state index contributed by atoms with van der Waals surface area (Å²) >= 11 is 6.19. The van der Waals surface area contributed by atoms with Gasteiger partial charge in [0, 0.05) is 34.6 Å². The van der Waals surface area contributed by atoms with Crippen LogP contribution in [0.25, 0.3) is 11.6 Å². The van der Waals surface area contributed by atoms with Gasteiger partial charge in [-0.25, -0.2) is 4.79 Å². The fourth-order valence-electron chi connectivity index (χ4n) is 3.10. The Labute approximate surface area is 137 Å². The highest BCUT2D eigenvalue weighted by Gasteiger charge is 2.28. The number of benzene rings is 1. The van der Waals surface area contributed by atoms with Crippen molar-refractivity contribution >= 4 is 40.8 Å². The number of aromatic nitrogens is 1. The molecule has 6 heteroatoms. The van der Waals surface area contributed by atoms with E-state index < -0.39 is 0 Å². The first-order chi connectivity index (χ1) is 11.1. The van der Waals surface area contributed by atoms with Gasteiger partial charge in [0.2, 0.25) is 0 Å². The van der Waals surface area contributed by atoms with Gasteiger partial charge in [-0.1, -0.05) is 11.6 Å². The number of hydrogen-bond acceptors (Lipinski definition) is 3. The van der Waals surface area contributed by atoms with Gasteiger partial charge in [-0.3, -0.25) is 4.79 Å². The fourth-order valence-corrected chi connectivity index (χ4v) is 3.25. The monoisotopic (exact) mass is 328 g/mol. The zero-order valence-corrected chi connectivity index (χ0v) is 13.1. The van der Waals surface area contributed by atoms with Crippen LogP contribution in [0.15, 0.2) is 18.3 Å². The molecule has 5 nitrogen and oxygen atoms in total. The number of hydrogen-bond donors (Lipinski definition) is 2. The maximum Gasteiger partial charge on any atom is 0.339 e. The van der Waals surface area contributed by atoms with Crippen LogP contribution in [-0.2, 0) is 16.0 Å². The van der Waals surface area contributed by atoms with Gasteiger partial charge in [0.15, 0.2) is 0 Å². The van der Waals surface area contributed by atoms with E-state index >= 15 is 0 Å². The van der Waals surface area contributed by atoms with E-state index in [0.29, 0.717) is 29.2 Å². The van der Waals surface area contributed by atoms with Gasteiger partial charge in [-0.05, 0) is 36.3 Å². The van der Waals surface area contributed by atoms with E-state index in [0.717, 1.165) is 28.1 Å². The van der Waals surface area contributed by atoms with E-state index in [1.54, 1.807) is 24.4 Å². The second kappa shape index (κ2) is 4.99. The summed E-state index contributed by atoms with van der Waals surface area (Å²) in [6.45, 7) is 2.24. The number of ether oxygens (including phenoxy) is 1. The lowest BCUT2D eigenvalue weighted by atomic mass is 9.98. The third-order valence-corrected chi connectivity index (χ3v) is 4.69. The molecule has 1 aromatic heterocycles. The van der Waals surface area contributed by atoms with Gasteiger partial charge in [0.05, 0.1) is 17.7 Å².